The predicted octanol–water partition coefficient (Wildman–Crippen LogP) is 4.40. The zero-order valence-corrected chi connectivity index (χ0v) is 9.76. The van der Waals surface area contributed by atoms with Gasteiger partial charge in [-0.1, -0.05) is 53.7 Å². The molecule has 0 spiro atoms. The van der Waals surface area contributed by atoms with Crippen molar-refractivity contribution >= 4 is 15.9 Å². The molecular weight excluding hydrogens is 224 g/mol. The SMILES string of the molecule is C=C(Br)[C@H](CC)c1ccccc1C. The molecule has 1 aromatic rings. The van der Waals surface area contributed by atoms with Crippen LogP contribution in [0.1, 0.15) is 30.4 Å². The minimum absolute atomic E-state index is 0.446. The molecular formula is C12H15Br. The monoisotopic (exact) mass is 238 g/mol. The first-order valence-corrected chi connectivity index (χ1v) is 5.36. The fraction of sp³-hybridized carbons (Fsp3) is 0.333. The molecule has 0 unspecified atom stereocenters. The molecule has 0 saturated heterocycles. The Morgan fingerprint density at radius 2 is 2.08 bits per heavy atom. The summed E-state index contributed by atoms with van der Waals surface area (Å²) in [4.78, 5) is 0. The second-order valence-electron chi connectivity index (χ2n) is 3.26. The van der Waals surface area contributed by atoms with Gasteiger partial charge in [0.2, 0.25) is 0 Å². The first kappa shape index (κ1) is 10.5. The molecule has 0 saturated carbocycles. The minimum Gasteiger partial charge on any atom is -0.0882 e. The van der Waals surface area contributed by atoms with E-state index < -0.39 is 0 Å². The molecule has 0 radical (unpaired) electrons. The van der Waals surface area contributed by atoms with E-state index in [1.165, 1.54) is 11.1 Å². The Kier molecular flexibility index (Phi) is 3.73. The van der Waals surface area contributed by atoms with Crippen molar-refractivity contribution in [3.8, 4) is 0 Å². The molecule has 13 heavy (non-hydrogen) atoms. The third-order valence-electron chi connectivity index (χ3n) is 2.35. The van der Waals surface area contributed by atoms with Gasteiger partial charge in [-0.25, -0.2) is 0 Å². The molecule has 0 nitrogen and oxygen atoms in total. The fourth-order valence-corrected chi connectivity index (χ4v) is 2.16. The largest absolute Gasteiger partial charge is 0.0882 e. The van der Waals surface area contributed by atoms with Crippen LogP contribution in [0.5, 0.6) is 0 Å². The summed E-state index contributed by atoms with van der Waals surface area (Å²) >= 11 is 3.48. The van der Waals surface area contributed by atoms with Crippen molar-refractivity contribution in [1.82, 2.24) is 0 Å². The van der Waals surface area contributed by atoms with E-state index in [9.17, 15) is 0 Å². The summed E-state index contributed by atoms with van der Waals surface area (Å²) < 4.78 is 1.07. The number of halogens is 1. The average Bonchev–Trinajstić information content (AvgIpc) is 2.09. The summed E-state index contributed by atoms with van der Waals surface area (Å²) in [7, 11) is 0. The summed E-state index contributed by atoms with van der Waals surface area (Å²) in [5.74, 6) is 0.446. The highest BCUT2D eigenvalue weighted by molar-refractivity contribution is 9.11. The van der Waals surface area contributed by atoms with E-state index in [-0.39, 0.29) is 0 Å². The van der Waals surface area contributed by atoms with E-state index in [4.69, 9.17) is 0 Å². The van der Waals surface area contributed by atoms with Gasteiger partial charge in [0.15, 0.2) is 0 Å². The van der Waals surface area contributed by atoms with Crippen LogP contribution >= 0.6 is 15.9 Å². The predicted molar refractivity (Wildman–Crippen MR) is 62.3 cm³/mol. The van der Waals surface area contributed by atoms with Crippen molar-refractivity contribution < 1.29 is 0 Å². The van der Waals surface area contributed by atoms with Crippen molar-refractivity contribution in [2.24, 2.45) is 0 Å². The van der Waals surface area contributed by atoms with Crippen LogP contribution in [-0.2, 0) is 0 Å². The third kappa shape index (κ3) is 2.44. The summed E-state index contributed by atoms with van der Waals surface area (Å²) in [5.41, 5.74) is 2.72. The van der Waals surface area contributed by atoms with Crippen LogP contribution in [0.3, 0.4) is 0 Å². The van der Waals surface area contributed by atoms with Gasteiger partial charge in [-0.05, 0) is 29.0 Å². The van der Waals surface area contributed by atoms with Gasteiger partial charge in [0.25, 0.3) is 0 Å². The first-order chi connectivity index (χ1) is 6.16. The summed E-state index contributed by atoms with van der Waals surface area (Å²) in [5, 5.41) is 0. The second-order valence-corrected chi connectivity index (χ2v) is 4.28. The zero-order valence-electron chi connectivity index (χ0n) is 8.18. The third-order valence-corrected chi connectivity index (χ3v) is 2.90. The molecule has 0 fully saturated rings. The van der Waals surface area contributed by atoms with Gasteiger partial charge in [-0.15, -0.1) is 0 Å². The highest BCUT2D eigenvalue weighted by Gasteiger charge is 2.12. The quantitative estimate of drug-likeness (QED) is 0.733. The van der Waals surface area contributed by atoms with Crippen LogP contribution < -0.4 is 0 Å². The van der Waals surface area contributed by atoms with E-state index >= 15 is 0 Å². The summed E-state index contributed by atoms with van der Waals surface area (Å²) in [6, 6.07) is 8.48. The Hall–Kier alpha value is -0.560. The Bertz CT molecular complexity index is 302. The van der Waals surface area contributed by atoms with Crippen molar-refractivity contribution in [2.45, 2.75) is 26.2 Å². The molecule has 0 bridgehead atoms. The molecule has 0 aliphatic carbocycles. The molecule has 1 atom stereocenters. The highest BCUT2D eigenvalue weighted by Crippen LogP contribution is 2.31. The Labute approximate surface area is 88.8 Å². The van der Waals surface area contributed by atoms with Crippen LogP contribution in [0.2, 0.25) is 0 Å². The van der Waals surface area contributed by atoms with Gasteiger partial charge in [-0.3, -0.25) is 0 Å². The maximum atomic E-state index is 3.96. The Morgan fingerprint density at radius 3 is 2.54 bits per heavy atom. The standard InChI is InChI=1S/C12H15Br/c1-4-11(10(3)13)12-8-6-5-7-9(12)2/h5-8,11H,3-4H2,1-2H3/t11-/m0/s1. The van der Waals surface area contributed by atoms with E-state index in [1.54, 1.807) is 0 Å². The first-order valence-electron chi connectivity index (χ1n) is 4.56. The number of benzene rings is 1. The normalized spacial score (nSPS) is 12.5. The summed E-state index contributed by atoms with van der Waals surface area (Å²) in [6.45, 7) is 8.29. The van der Waals surface area contributed by atoms with Crippen LogP contribution in [0.4, 0.5) is 0 Å². The molecule has 70 valence electrons. The smallest absolute Gasteiger partial charge is 0.0150 e. The lowest BCUT2D eigenvalue weighted by Crippen LogP contribution is -1.98. The number of hydrogen-bond donors (Lipinski definition) is 0. The van der Waals surface area contributed by atoms with Crippen molar-refractivity contribution in [3.05, 3.63) is 46.5 Å². The van der Waals surface area contributed by atoms with Crippen LogP contribution in [0, 0.1) is 6.92 Å². The van der Waals surface area contributed by atoms with E-state index in [0.717, 1.165) is 10.9 Å². The number of aryl methyl sites for hydroxylation is 1. The molecule has 0 aliphatic rings. The van der Waals surface area contributed by atoms with Crippen LogP contribution in [-0.4, -0.2) is 0 Å². The maximum Gasteiger partial charge on any atom is 0.0150 e. The van der Waals surface area contributed by atoms with E-state index in [2.05, 4.69) is 60.6 Å². The lowest BCUT2D eigenvalue weighted by atomic mass is 9.93. The van der Waals surface area contributed by atoms with Crippen LogP contribution in [0.15, 0.2) is 35.3 Å². The molecule has 1 rings (SSSR count). The van der Waals surface area contributed by atoms with E-state index in [1.807, 2.05) is 0 Å². The zero-order chi connectivity index (χ0) is 9.84. The molecule has 0 heterocycles. The van der Waals surface area contributed by atoms with E-state index in [0.29, 0.717) is 5.92 Å². The van der Waals surface area contributed by atoms with Crippen molar-refractivity contribution in [3.63, 3.8) is 0 Å². The molecule has 1 heteroatoms. The molecule has 0 aliphatic heterocycles. The average molecular weight is 239 g/mol. The van der Waals surface area contributed by atoms with Crippen LogP contribution in [0.25, 0.3) is 0 Å². The second kappa shape index (κ2) is 4.61. The molecule has 0 amide bonds. The number of hydrogen-bond acceptors (Lipinski definition) is 0. The molecule has 1 aromatic carbocycles. The lowest BCUT2D eigenvalue weighted by molar-refractivity contribution is 0.793. The van der Waals surface area contributed by atoms with Gasteiger partial charge in [0, 0.05) is 5.92 Å². The van der Waals surface area contributed by atoms with Gasteiger partial charge < -0.3 is 0 Å². The summed E-state index contributed by atoms with van der Waals surface area (Å²) in [6.07, 6.45) is 1.09. The highest BCUT2D eigenvalue weighted by atomic mass is 79.9. The van der Waals surface area contributed by atoms with Gasteiger partial charge in [-0.2, -0.15) is 0 Å². The number of rotatable bonds is 3. The fourth-order valence-electron chi connectivity index (χ4n) is 1.59. The lowest BCUT2D eigenvalue weighted by Gasteiger charge is -2.16. The minimum atomic E-state index is 0.446. The Morgan fingerprint density at radius 1 is 1.46 bits per heavy atom. The Balaban J connectivity index is 3.04. The van der Waals surface area contributed by atoms with Gasteiger partial charge >= 0.3 is 0 Å². The molecule has 0 N–H and O–H groups in total. The topological polar surface area (TPSA) is 0 Å². The maximum absolute atomic E-state index is 3.96. The number of allylic oxidation sites excluding steroid dienone is 1. The van der Waals surface area contributed by atoms with Crippen molar-refractivity contribution in [1.29, 1.82) is 0 Å². The van der Waals surface area contributed by atoms with Gasteiger partial charge in [0.05, 0.1) is 0 Å². The molecule has 0 aromatic heterocycles. The van der Waals surface area contributed by atoms with Crippen molar-refractivity contribution in [2.75, 3.05) is 0 Å². The van der Waals surface area contributed by atoms with Gasteiger partial charge in [0.1, 0.15) is 0 Å².